The molecule has 0 aromatic heterocycles. The zero-order valence-electron chi connectivity index (χ0n) is 11.3. The molecule has 4 heteroatoms. The van der Waals surface area contributed by atoms with Gasteiger partial charge >= 0.3 is 0 Å². The smallest absolute Gasteiger partial charge is 0.129 e. The summed E-state index contributed by atoms with van der Waals surface area (Å²) in [6.45, 7) is 4.45. The average Bonchev–Trinajstić information content (AvgIpc) is 2.42. The Morgan fingerprint density at radius 3 is 3.00 bits per heavy atom. The van der Waals surface area contributed by atoms with Gasteiger partial charge < -0.3 is 10.1 Å². The molecule has 1 aliphatic rings. The molecule has 2 atom stereocenters. The first-order valence-electron chi connectivity index (χ1n) is 6.99. The first-order chi connectivity index (χ1) is 9.22. The molecule has 2 rings (SSSR count). The van der Waals surface area contributed by atoms with Crippen LogP contribution >= 0.6 is 0 Å². The van der Waals surface area contributed by atoms with Crippen molar-refractivity contribution >= 4 is 0 Å². The summed E-state index contributed by atoms with van der Waals surface area (Å²) in [5, 5.41) is 3.34. The predicted molar refractivity (Wildman–Crippen MR) is 70.9 cm³/mol. The lowest BCUT2D eigenvalue weighted by atomic mass is 9.89. The number of halogens is 2. The lowest BCUT2D eigenvalue weighted by molar-refractivity contribution is -0.0297. The molecule has 0 radical (unpaired) electrons. The summed E-state index contributed by atoms with van der Waals surface area (Å²) in [6, 6.07) is 3.59. The highest BCUT2D eigenvalue weighted by Gasteiger charge is 2.29. The molecule has 2 unspecified atom stereocenters. The Morgan fingerprint density at radius 1 is 1.37 bits per heavy atom. The van der Waals surface area contributed by atoms with Crippen LogP contribution in [0.2, 0.25) is 0 Å². The number of hydrogen-bond acceptors (Lipinski definition) is 2. The van der Waals surface area contributed by atoms with Gasteiger partial charge in [-0.05, 0) is 44.0 Å². The lowest BCUT2D eigenvalue weighted by Gasteiger charge is -2.32. The Labute approximate surface area is 113 Å². The molecule has 0 saturated carbocycles. The Morgan fingerprint density at radius 2 is 2.21 bits per heavy atom. The van der Waals surface area contributed by atoms with Crippen LogP contribution in [0.1, 0.15) is 37.9 Å². The molecule has 1 heterocycles. The molecule has 1 fully saturated rings. The van der Waals surface area contributed by atoms with Crippen LogP contribution in [0.4, 0.5) is 8.78 Å². The highest BCUT2D eigenvalue weighted by atomic mass is 19.1. The summed E-state index contributed by atoms with van der Waals surface area (Å²) in [7, 11) is 0. The van der Waals surface area contributed by atoms with E-state index in [2.05, 4.69) is 12.2 Å². The van der Waals surface area contributed by atoms with E-state index in [1.54, 1.807) is 0 Å². The minimum atomic E-state index is -0.411. The molecular formula is C15H21F2NO. The molecule has 1 aliphatic heterocycles. The monoisotopic (exact) mass is 269 g/mol. The first-order valence-corrected chi connectivity index (χ1v) is 6.99. The van der Waals surface area contributed by atoms with Crippen molar-refractivity contribution in [2.24, 2.45) is 5.92 Å². The van der Waals surface area contributed by atoms with Gasteiger partial charge in [-0.3, -0.25) is 0 Å². The average molecular weight is 269 g/mol. The van der Waals surface area contributed by atoms with E-state index in [0.717, 1.165) is 38.4 Å². The molecule has 0 amide bonds. The molecule has 1 aromatic carbocycles. The maximum absolute atomic E-state index is 13.8. The zero-order valence-corrected chi connectivity index (χ0v) is 11.3. The van der Waals surface area contributed by atoms with E-state index >= 15 is 0 Å². The fraction of sp³-hybridized carbons (Fsp3) is 0.600. The van der Waals surface area contributed by atoms with Gasteiger partial charge in [0.1, 0.15) is 11.6 Å². The maximum Gasteiger partial charge on any atom is 0.129 e. The standard InChI is InChI=1S/C15H21F2NO/c1-2-7-18-10-11-4-3-8-19-15(11)13-9-12(16)5-6-14(13)17/h5-6,9,11,15,18H,2-4,7-8,10H2,1H3. The van der Waals surface area contributed by atoms with Crippen LogP contribution < -0.4 is 5.32 Å². The Kier molecular flexibility index (Phi) is 5.28. The topological polar surface area (TPSA) is 21.3 Å². The van der Waals surface area contributed by atoms with Crippen LogP contribution in [0.15, 0.2) is 18.2 Å². The molecule has 1 saturated heterocycles. The number of ether oxygens (including phenoxy) is 1. The van der Waals surface area contributed by atoms with Crippen molar-refractivity contribution in [2.75, 3.05) is 19.7 Å². The van der Waals surface area contributed by atoms with Crippen molar-refractivity contribution in [3.8, 4) is 0 Å². The molecule has 0 bridgehead atoms. The third-order valence-corrected chi connectivity index (χ3v) is 3.54. The van der Waals surface area contributed by atoms with Crippen molar-refractivity contribution in [1.82, 2.24) is 5.32 Å². The van der Waals surface area contributed by atoms with Gasteiger partial charge in [-0.2, -0.15) is 0 Å². The predicted octanol–water partition coefficient (Wildman–Crippen LogP) is 3.43. The van der Waals surface area contributed by atoms with Crippen molar-refractivity contribution in [1.29, 1.82) is 0 Å². The van der Waals surface area contributed by atoms with Gasteiger partial charge in [0.2, 0.25) is 0 Å². The lowest BCUT2D eigenvalue weighted by Crippen LogP contribution is -2.32. The van der Waals surface area contributed by atoms with E-state index in [1.165, 1.54) is 12.1 Å². The van der Waals surface area contributed by atoms with Gasteiger partial charge in [0.25, 0.3) is 0 Å². The van der Waals surface area contributed by atoms with E-state index in [-0.39, 0.29) is 17.8 Å². The van der Waals surface area contributed by atoms with Crippen LogP contribution in [0, 0.1) is 17.6 Å². The van der Waals surface area contributed by atoms with E-state index < -0.39 is 5.82 Å². The molecule has 1 N–H and O–H groups in total. The van der Waals surface area contributed by atoms with Crippen LogP contribution in [0.5, 0.6) is 0 Å². The Bertz CT molecular complexity index is 411. The largest absolute Gasteiger partial charge is 0.373 e. The van der Waals surface area contributed by atoms with Crippen molar-refractivity contribution in [3.63, 3.8) is 0 Å². The number of rotatable bonds is 5. The summed E-state index contributed by atoms with van der Waals surface area (Å²) in [5.74, 6) is -0.587. The van der Waals surface area contributed by atoms with Gasteiger partial charge in [0.05, 0.1) is 6.10 Å². The van der Waals surface area contributed by atoms with E-state index in [9.17, 15) is 8.78 Å². The van der Waals surface area contributed by atoms with Gasteiger partial charge in [-0.15, -0.1) is 0 Å². The third kappa shape index (κ3) is 3.74. The van der Waals surface area contributed by atoms with Gasteiger partial charge in [-0.25, -0.2) is 8.78 Å². The minimum absolute atomic E-state index is 0.205. The van der Waals surface area contributed by atoms with Gasteiger partial charge in [-0.1, -0.05) is 6.92 Å². The van der Waals surface area contributed by atoms with Gasteiger partial charge in [0, 0.05) is 24.6 Å². The van der Waals surface area contributed by atoms with Crippen molar-refractivity contribution < 1.29 is 13.5 Å². The van der Waals surface area contributed by atoms with Crippen molar-refractivity contribution in [2.45, 2.75) is 32.3 Å². The third-order valence-electron chi connectivity index (χ3n) is 3.54. The highest BCUT2D eigenvalue weighted by Crippen LogP contribution is 2.34. The number of benzene rings is 1. The molecule has 106 valence electrons. The SMILES string of the molecule is CCCNCC1CCCOC1c1cc(F)ccc1F. The normalized spacial score (nSPS) is 23.5. The first kappa shape index (κ1) is 14.4. The molecule has 0 aliphatic carbocycles. The van der Waals surface area contributed by atoms with E-state index in [1.807, 2.05) is 0 Å². The molecule has 1 aromatic rings. The fourth-order valence-corrected chi connectivity index (χ4v) is 2.59. The van der Waals surface area contributed by atoms with Crippen LogP contribution in [0.25, 0.3) is 0 Å². The summed E-state index contributed by atoms with van der Waals surface area (Å²) in [4.78, 5) is 0. The summed E-state index contributed by atoms with van der Waals surface area (Å²) >= 11 is 0. The van der Waals surface area contributed by atoms with Crippen LogP contribution in [-0.2, 0) is 4.74 Å². The Hall–Kier alpha value is -1.00. The highest BCUT2D eigenvalue weighted by molar-refractivity contribution is 5.22. The second-order valence-corrected chi connectivity index (χ2v) is 5.06. The Balaban J connectivity index is 2.11. The minimum Gasteiger partial charge on any atom is -0.373 e. The second kappa shape index (κ2) is 6.96. The number of nitrogens with one attached hydrogen (secondary N) is 1. The molecule has 2 nitrogen and oxygen atoms in total. The fourth-order valence-electron chi connectivity index (χ4n) is 2.59. The molecular weight excluding hydrogens is 248 g/mol. The van der Waals surface area contributed by atoms with E-state index in [0.29, 0.717) is 12.2 Å². The summed E-state index contributed by atoms with van der Waals surface area (Å²) < 4.78 is 32.8. The van der Waals surface area contributed by atoms with Gasteiger partial charge in [0.15, 0.2) is 0 Å². The quantitative estimate of drug-likeness (QED) is 0.827. The number of hydrogen-bond donors (Lipinski definition) is 1. The van der Waals surface area contributed by atoms with Crippen molar-refractivity contribution in [3.05, 3.63) is 35.4 Å². The summed E-state index contributed by atoms with van der Waals surface area (Å²) in [5.41, 5.74) is 0.350. The molecule has 19 heavy (non-hydrogen) atoms. The van der Waals surface area contributed by atoms with E-state index in [4.69, 9.17) is 4.74 Å². The second-order valence-electron chi connectivity index (χ2n) is 5.06. The zero-order chi connectivity index (χ0) is 13.7. The van der Waals surface area contributed by atoms with Crippen LogP contribution in [-0.4, -0.2) is 19.7 Å². The van der Waals surface area contributed by atoms with Crippen LogP contribution in [0.3, 0.4) is 0 Å². The summed E-state index contributed by atoms with van der Waals surface area (Å²) in [6.07, 6.45) is 2.68. The molecule has 0 spiro atoms. The maximum atomic E-state index is 13.8.